The Hall–Kier alpha value is -2.39. The lowest BCUT2D eigenvalue weighted by molar-refractivity contribution is 0.0904. The maximum atomic E-state index is 9.96. The van der Waals surface area contributed by atoms with Crippen LogP contribution < -0.4 is 20.7 Å². The molecule has 0 amide bonds. The van der Waals surface area contributed by atoms with Crippen molar-refractivity contribution in [3.05, 3.63) is 34.9 Å². The van der Waals surface area contributed by atoms with Crippen molar-refractivity contribution >= 4 is 29.3 Å². The molecule has 1 aromatic carbocycles. The van der Waals surface area contributed by atoms with E-state index in [1.807, 2.05) is 32.0 Å². The Kier molecular flexibility index (Phi) is 9.31. The summed E-state index contributed by atoms with van der Waals surface area (Å²) in [4.78, 5) is 4.81. The summed E-state index contributed by atoms with van der Waals surface area (Å²) in [5.41, 5.74) is 3.06. The van der Waals surface area contributed by atoms with Gasteiger partial charge in [-0.2, -0.15) is 0 Å². The second-order valence-corrected chi connectivity index (χ2v) is 8.93. The fraction of sp³-hybridized carbons (Fsp3) is 0.500. The van der Waals surface area contributed by atoms with Crippen molar-refractivity contribution in [2.45, 2.75) is 44.9 Å². The first-order valence-corrected chi connectivity index (χ1v) is 11.7. The zero-order chi connectivity index (χ0) is 23.8. The Morgan fingerprint density at radius 1 is 1.27 bits per heavy atom. The Bertz CT molecular complexity index is 935. The van der Waals surface area contributed by atoms with Crippen LogP contribution in [0.1, 0.15) is 32.3 Å². The molecule has 1 saturated heterocycles. The largest absolute Gasteiger partial charge is 0.491 e. The number of nitrogens with zero attached hydrogens (tertiary/aromatic N) is 1. The average Bonchev–Trinajstić information content (AvgIpc) is 2.78. The number of ether oxygens (including phenoxy) is 2. The number of aromatic nitrogens is 1. The third-order valence-electron chi connectivity index (χ3n) is 5.26. The summed E-state index contributed by atoms with van der Waals surface area (Å²) in [6, 6.07) is 7.79. The quantitative estimate of drug-likeness (QED) is 0.314. The monoisotopic (exact) mass is 475 g/mol. The lowest BCUT2D eigenvalue weighted by atomic mass is 10.0. The maximum Gasteiger partial charge on any atom is 0.137 e. The van der Waals surface area contributed by atoms with Gasteiger partial charge in [0, 0.05) is 54.3 Å². The average molecular weight is 476 g/mol. The maximum absolute atomic E-state index is 9.96. The molecule has 9 heteroatoms. The van der Waals surface area contributed by atoms with Crippen molar-refractivity contribution < 1.29 is 14.6 Å². The highest BCUT2D eigenvalue weighted by molar-refractivity contribution is 6.31. The zero-order valence-electron chi connectivity index (χ0n) is 19.5. The highest BCUT2D eigenvalue weighted by Crippen LogP contribution is 2.33. The van der Waals surface area contributed by atoms with Gasteiger partial charge < -0.3 is 35.9 Å². The Morgan fingerprint density at radius 2 is 2.03 bits per heavy atom. The van der Waals surface area contributed by atoms with Gasteiger partial charge >= 0.3 is 0 Å². The first kappa shape index (κ1) is 25.2. The van der Waals surface area contributed by atoms with E-state index in [0.717, 1.165) is 37.3 Å². The SMILES string of the molecule is CNCC(O)COc1cc(Cl)cc(-c2cc(NC3CCOCC3)c(C=N)c(NC(C)C)n2)c1. The minimum atomic E-state index is -0.625. The third kappa shape index (κ3) is 7.30. The van der Waals surface area contributed by atoms with Gasteiger partial charge in [-0.05, 0) is 58.0 Å². The second-order valence-electron chi connectivity index (χ2n) is 8.49. The summed E-state index contributed by atoms with van der Waals surface area (Å²) in [6.07, 6.45) is 2.52. The van der Waals surface area contributed by atoms with E-state index in [1.165, 1.54) is 6.21 Å². The molecule has 1 aliphatic rings. The van der Waals surface area contributed by atoms with Crippen LogP contribution in [0.4, 0.5) is 11.5 Å². The Balaban J connectivity index is 1.96. The fourth-order valence-corrected chi connectivity index (χ4v) is 3.92. The van der Waals surface area contributed by atoms with Crippen LogP contribution >= 0.6 is 11.6 Å². The van der Waals surface area contributed by atoms with E-state index in [1.54, 1.807) is 13.1 Å². The number of hydrogen-bond acceptors (Lipinski definition) is 8. The molecule has 0 aliphatic carbocycles. The van der Waals surface area contributed by atoms with Crippen LogP contribution in [-0.4, -0.2) is 67.9 Å². The van der Waals surface area contributed by atoms with Crippen LogP contribution in [-0.2, 0) is 4.74 Å². The molecular weight excluding hydrogens is 442 g/mol. The van der Waals surface area contributed by atoms with Gasteiger partial charge in [0.2, 0.25) is 0 Å². The molecule has 1 atom stereocenters. The van der Waals surface area contributed by atoms with E-state index < -0.39 is 6.10 Å². The molecule has 3 rings (SSSR count). The molecule has 2 aromatic rings. The first-order valence-electron chi connectivity index (χ1n) is 11.3. The number of anilines is 2. The number of halogens is 1. The van der Waals surface area contributed by atoms with Gasteiger partial charge in [-0.15, -0.1) is 0 Å². The van der Waals surface area contributed by atoms with Crippen LogP contribution in [0.5, 0.6) is 5.75 Å². The Morgan fingerprint density at radius 3 is 2.70 bits per heavy atom. The van der Waals surface area contributed by atoms with Gasteiger partial charge in [-0.3, -0.25) is 0 Å². The Labute approximate surface area is 200 Å². The molecule has 1 unspecified atom stereocenters. The van der Waals surface area contributed by atoms with Gasteiger partial charge in [0.25, 0.3) is 0 Å². The minimum absolute atomic E-state index is 0.147. The predicted molar refractivity (Wildman–Crippen MR) is 134 cm³/mol. The molecule has 0 spiro atoms. The topological polar surface area (TPSA) is 112 Å². The lowest BCUT2D eigenvalue weighted by Crippen LogP contribution is -2.29. The number of nitrogens with one attached hydrogen (secondary N) is 4. The van der Waals surface area contributed by atoms with Crippen LogP contribution in [0, 0.1) is 5.41 Å². The van der Waals surface area contributed by atoms with Crippen LogP contribution in [0.3, 0.4) is 0 Å². The lowest BCUT2D eigenvalue weighted by Gasteiger charge is -2.26. The zero-order valence-corrected chi connectivity index (χ0v) is 20.2. The first-order chi connectivity index (χ1) is 15.9. The summed E-state index contributed by atoms with van der Waals surface area (Å²) in [6.45, 7) is 6.11. The molecule has 33 heavy (non-hydrogen) atoms. The highest BCUT2D eigenvalue weighted by Gasteiger charge is 2.19. The minimum Gasteiger partial charge on any atom is -0.491 e. The standard InChI is InChI=1S/C24H34ClN5O3/c1-15(2)28-24-21(12-26)23(29-18-4-6-32-7-5-18)11-22(30-24)16-8-17(25)10-20(9-16)33-14-19(31)13-27-3/h8-12,15,18-19,26-27,31H,4-7,13-14H2,1-3H3,(H2,28,29,30). The van der Waals surface area contributed by atoms with E-state index in [0.29, 0.717) is 34.4 Å². The number of aliphatic hydroxyl groups excluding tert-OH is 1. The van der Waals surface area contributed by atoms with Crippen molar-refractivity contribution in [1.29, 1.82) is 5.41 Å². The molecule has 0 bridgehead atoms. The smallest absolute Gasteiger partial charge is 0.137 e. The molecule has 8 nitrogen and oxygen atoms in total. The van der Waals surface area contributed by atoms with E-state index in [9.17, 15) is 5.11 Å². The summed E-state index contributed by atoms with van der Waals surface area (Å²) >= 11 is 6.39. The van der Waals surface area contributed by atoms with Crippen LogP contribution in [0.25, 0.3) is 11.3 Å². The third-order valence-corrected chi connectivity index (χ3v) is 5.48. The molecule has 1 fully saturated rings. The number of pyridine rings is 1. The summed E-state index contributed by atoms with van der Waals surface area (Å²) in [5, 5.41) is 28.4. The van der Waals surface area contributed by atoms with E-state index in [4.69, 9.17) is 31.5 Å². The molecule has 2 heterocycles. The van der Waals surface area contributed by atoms with Crippen LogP contribution in [0.2, 0.25) is 5.02 Å². The van der Waals surface area contributed by atoms with Crippen molar-refractivity contribution in [2.75, 3.05) is 44.0 Å². The van der Waals surface area contributed by atoms with Crippen LogP contribution in [0.15, 0.2) is 24.3 Å². The van der Waals surface area contributed by atoms with Crippen molar-refractivity contribution in [3.8, 4) is 17.0 Å². The van der Waals surface area contributed by atoms with Crippen molar-refractivity contribution in [3.63, 3.8) is 0 Å². The van der Waals surface area contributed by atoms with Crippen molar-refractivity contribution in [2.24, 2.45) is 0 Å². The van der Waals surface area contributed by atoms with Crippen molar-refractivity contribution in [1.82, 2.24) is 10.3 Å². The second kappa shape index (κ2) is 12.2. The predicted octanol–water partition coefficient (Wildman–Crippen LogP) is 3.77. The van der Waals surface area contributed by atoms with Gasteiger partial charge in [-0.1, -0.05) is 11.6 Å². The number of rotatable bonds is 11. The van der Waals surface area contributed by atoms with E-state index in [2.05, 4.69) is 16.0 Å². The molecular formula is C24H34ClN5O3. The molecule has 1 aliphatic heterocycles. The number of aliphatic hydroxyl groups is 1. The van der Waals surface area contributed by atoms with Gasteiger partial charge in [0.05, 0.1) is 11.3 Å². The molecule has 180 valence electrons. The summed E-state index contributed by atoms with van der Waals surface area (Å²) < 4.78 is 11.3. The number of benzene rings is 1. The van der Waals surface area contributed by atoms with E-state index in [-0.39, 0.29) is 18.7 Å². The number of likely N-dealkylation sites (N-methyl/N-ethyl adjacent to an activating group) is 1. The molecule has 1 aromatic heterocycles. The fourth-order valence-electron chi connectivity index (χ4n) is 3.69. The van der Waals surface area contributed by atoms with Gasteiger partial charge in [-0.25, -0.2) is 4.98 Å². The normalized spacial score (nSPS) is 15.3. The van der Waals surface area contributed by atoms with Gasteiger partial charge in [0.1, 0.15) is 24.3 Å². The number of hydrogen-bond donors (Lipinski definition) is 5. The summed E-state index contributed by atoms with van der Waals surface area (Å²) in [5.74, 6) is 1.20. The van der Waals surface area contributed by atoms with E-state index >= 15 is 0 Å². The van der Waals surface area contributed by atoms with Gasteiger partial charge in [0.15, 0.2) is 0 Å². The molecule has 0 radical (unpaired) electrons. The highest BCUT2D eigenvalue weighted by atomic mass is 35.5. The summed E-state index contributed by atoms with van der Waals surface area (Å²) in [7, 11) is 1.78. The molecule has 5 N–H and O–H groups in total. The molecule has 0 saturated carbocycles.